The van der Waals surface area contributed by atoms with Crippen molar-refractivity contribution in [3.63, 3.8) is 0 Å². The van der Waals surface area contributed by atoms with E-state index < -0.39 is 6.10 Å². The van der Waals surface area contributed by atoms with E-state index in [0.717, 1.165) is 12.1 Å². The van der Waals surface area contributed by atoms with Crippen LogP contribution in [0.5, 0.6) is 0 Å². The van der Waals surface area contributed by atoms with E-state index in [2.05, 4.69) is 10.4 Å². The summed E-state index contributed by atoms with van der Waals surface area (Å²) in [4.78, 5) is 11.9. The average molecular weight is 239 g/mol. The molecule has 0 saturated carbocycles. The Labute approximate surface area is 102 Å². The summed E-state index contributed by atoms with van der Waals surface area (Å²) in [6.45, 7) is 6.06. The van der Waals surface area contributed by atoms with Gasteiger partial charge in [0.1, 0.15) is 0 Å². The smallest absolute Gasteiger partial charge is 0.254 e. The number of nitrogens with zero attached hydrogens (tertiary/aromatic N) is 2. The minimum Gasteiger partial charge on any atom is -0.391 e. The minimum atomic E-state index is -0.513. The lowest BCUT2D eigenvalue weighted by Crippen LogP contribution is -2.34. The van der Waals surface area contributed by atoms with Crippen LogP contribution in [-0.2, 0) is 13.5 Å². The van der Waals surface area contributed by atoms with Gasteiger partial charge in [-0.2, -0.15) is 5.10 Å². The van der Waals surface area contributed by atoms with Crippen LogP contribution < -0.4 is 5.32 Å². The van der Waals surface area contributed by atoms with Gasteiger partial charge in [0, 0.05) is 19.8 Å². The number of carbonyl (C=O) groups excluding carboxylic acids is 1. The first-order chi connectivity index (χ1) is 7.95. The fourth-order valence-corrected chi connectivity index (χ4v) is 1.51. The van der Waals surface area contributed by atoms with E-state index in [4.69, 9.17) is 0 Å². The highest BCUT2D eigenvalue weighted by molar-refractivity contribution is 5.95. The van der Waals surface area contributed by atoms with Crippen LogP contribution in [0.1, 0.15) is 36.8 Å². The monoisotopic (exact) mass is 239 g/mol. The van der Waals surface area contributed by atoms with Crippen LogP contribution in [0.4, 0.5) is 0 Å². The number of nitrogens with one attached hydrogen (secondary N) is 1. The summed E-state index contributed by atoms with van der Waals surface area (Å²) in [7, 11) is 1.79. The Morgan fingerprint density at radius 3 is 2.76 bits per heavy atom. The van der Waals surface area contributed by atoms with Crippen LogP contribution in [-0.4, -0.2) is 33.4 Å². The highest BCUT2D eigenvalue weighted by Crippen LogP contribution is 2.07. The molecule has 0 aliphatic rings. The zero-order chi connectivity index (χ0) is 13.0. The minimum absolute atomic E-state index is 0.134. The third kappa shape index (κ3) is 3.56. The second-order valence-corrected chi connectivity index (χ2v) is 4.54. The van der Waals surface area contributed by atoms with E-state index in [9.17, 15) is 9.90 Å². The summed E-state index contributed by atoms with van der Waals surface area (Å²) in [5, 5.41) is 16.5. The predicted molar refractivity (Wildman–Crippen MR) is 65.8 cm³/mol. The Morgan fingerprint density at radius 1 is 1.59 bits per heavy atom. The number of aliphatic hydroxyl groups is 1. The quantitative estimate of drug-likeness (QED) is 0.796. The zero-order valence-corrected chi connectivity index (χ0v) is 10.9. The number of amides is 1. The molecule has 5 nitrogen and oxygen atoms in total. The van der Waals surface area contributed by atoms with Gasteiger partial charge < -0.3 is 10.4 Å². The molecule has 2 N–H and O–H groups in total. The maximum Gasteiger partial charge on any atom is 0.254 e. The van der Waals surface area contributed by atoms with Crippen LogP contribution in [0.15, 0.2) is 6.20 Å². The van der Waals surface area contributed by atoms with Crippen molar-refractivity contribution in [1.82, 2.24) is 15.1 Å². The lowest BCUT2D eigenvalue weighted by molar-refractivity contribution is 0.0870. The molecule has 1 rings (SSSR count). The van der Waals surface area contributed by atoms with Crippen LogP contribution in [0, 0.1) is 5.92 Å². The average Bonchev–Trinajstić information content (AvgIpc) is 2.66. The molecule has 0 bridgehead atoms. The van der Waals surface area contributed by atoms with Gasteiger partial charge >= 0.3 is 0 Å². The Bertz CT molecular complexity index is 385. The van der Waals surface area contributed by atoms with Crippen LogP contribution in [0.2, 0.25) is 0 Å². The van der Waals surface area contributed by atoms with Crippen molar-refractivity contribution in [3.8, 4) is 0 Å². The Morgan fingerprint density at radius 2 is 2.24 bits per heavy atom. The van der Waals surface area contributed by atoms with Gasteiger partial charge in [0.25, 0.3) is 5.91 Å². The molecule has 17 heavy (non-hydrogen) atoms. The summed E-state index contributed by atoms with van der Waals surface area (Å²) in [6.07, 6.45) is 1.91. The molecule has 1 heterocycles. The maximum absolute atomic E-state index is 11.9. The van der Waals surface area contributed by atoms with Crippen molar-refractivity contribution in [2.24, 2.45) is 13.0 Å². The molecular weight excluding hydrogens is 218 g/mol. The largest absolute Gasteiger partial charge is 0.391 e. The first-order valence-electron chi connectivity index (χ1n) is 5.94. The van der Waals surface area contributed by atoms with Gasteiger partial charge in [-0.25, -0.2) is 0 Å². The van der Waals surface area contributed by atoms with E-state index >= 15 is 0 Å². The Kier molecular flexibility index (Phi) is 4.69. The fourth-order valence-electron chi connectivity index (χ4n) is 1.51. The van der Waals surface area contributed by atoms with Gasteiger partial charge in [-0.15, -0.1) is 0 Å². The first kappa shape index (κ1) is 13.7. The van der Waals surface area contributed by atoms with Gasteiger partial charge in [-0.1, -0.05) is 20.8 Å². The number of aromatic nitrogens is 2. The highest BCUT2D eigenvalue weighted by atomic mass is 16.3. The van der Waals surface area contributed by atoms with Crippen molar-refractivity contribution in [3.05, 3.63) is 17.5 Å². The van der Waals surface area contributed by atoms with E-state index in [1.165, 1.54) is 0 Å². The van der Waals surface area contributed by atoms with Crippen LogP contribution in [0.3, 0.4) is 0 Å². The summed E-state index contributed by atoms with van der Waals surface area (Å²) < 4.78 is 1.63. The molecule has 1 unspecified atom stereocenters. The van der Waals surface area contributed by atoms with Gasteiger partial charge in [0.2, 0.25) is 0 Å². The third-order valence-corrected chi connectivity index (χ3v) is 2.73. The molecule has 1 aromatic rings. The van der Waals surface area contributed by atoms with Crippen molar-refractivity contribution < 1.29 is 9.90 Å². The molecule has 5 heteroatoms. The lowest BCUT2D eigenvalue weighted by Gasteiger charge is -2.14. The summed E-state index contributed by atoms with van der Waals surface area (Å²) in [5.41, 5.74) is 1.37. The number of aryl methyl sites for hydroxylation is 2. The maximum atomic E-state index is 11.9. The fraction of sp³-hybridized carbons (Fsp3) is 0.667. The van der Waals surface area contributed by atoms with Crippen molar-refractivity contribution in [1.29, 1.82) is 0 Å². The number of hydrogen-bond acceptors (Lipinski definition) is 3. The summed E-state index contributed by atoms with van der Waals surface area (Å²) in [5.74, 6) is -0.0375. The van der Waals surface area contributed by atoms with E-state index in [-0.39, 0.29) is 18.4 Å². The van der Waals surface area contributed by atoms with Crippen molar-refractivity contribution in [2.75, 3.05) is 6.54 Å². The van der Waals surface area contributed by atoms with E-state index in [1.807, 2.05) is 20.8 Å². The molecule has 96 valence electrons. The van der Waals surface area contributed by atoms with Crippen LogP contribution >= 0.6 is 0 Å². The summed E-state index contributed by atoms with van der Waals surface area (Å²) in [6, 6.07) is 0. The number of carbonyl (C=O) groups is 1. The lowest BCUT2D eigenvalue weighted by atomic mass is 10.1. The highest BCUT2D eigenvalue weighted by Gasteiger charge is 2.16. The number of rotatable bonds is 5. The summed E-state index contributed by atoms with van der Waals surface area (Å²) >= 11 is 0. The normalized spacial score (nSPS) is 12.8. The Balaban J connectivity index is 2.63. The molecule has 1 atom stereocenters. The second-order valence-electron chi connectivity index (χ2n) is 4.54. The Hall–Kier alpha value is -1.36. The molecule has 0 aromatic carbocycles. The third-order valence-electron chi connectivity index (χ3n) is 2.73. The molecule has 0 radical (unpaired) electrons. The molecule has 1 aromatic heterocycles. The van der Waals surface area contributed by atoms with Crippen molar-refractivity contribution >= 4 is 5.91 Å². The molecule has 0 fully saturated rings. The topological polar surface area (TPSA) is 67.2 Å². The van der Waals surface area contributed by atoms with E-state index in [0.29, 0.717) is 5.56 Å². The molecule has 0 saturated heterocycles. The number of hydrogen-bond donors (Lipinski definition) is 2. The first-order valence-corrected chi connectivity index (χ1v) is 5.94. The number of aliphatic hydroxyl groups excluding tert-OH is 1. The SMILES string of the molecule is CCc1nn(C)cc1C(=O)NCC(O)C(C)C. The van der Waals surface area contributed by atoms with Crippen LogP contribution in [0.25, 0.3) is 0 Å². The van der Waals surface area contributed by atoms with Gasteiger partial charge in [-0.05, 0) is 12.3 Å². The molecule has 0 spiro atoms. The zero-order valence-electron chi connectivity index (χ0n) is 10.9. The predicted octanol–water partition coefficient (Wildman–Crippen LogP) is 0.729. The molecule has 1 amide bonds. The van der Waals surface area contributed by atoms with Gasteiger partial charge in [-0.3, -0.25) is 9.48 Å². The van der Waals surface area contributed by atoms with Gasteiger partial charge in [0.05, 0.1) is 17.4 Å². The van der Waals surface area contributed by atoms with Crippen molar-refractivity contribution in [2.45, 2.75) is 33.3 Å². The molecular formula is C12H21N3O2. The molecule has 0 aliphatic carbocycles. The van der Waals surface area contributed by atoms with Gasteiger partial charge in [0.15, 0.2) is 0 Å². The van der Waals surface area contributed by atoms with E-state index in [1.54, 1.807) is 17.9 Å². The second kappa shape index (κ2) is 5.82. The standard InChI is InChI=1S/C12H21N3O2/c1-5-10-9(7-15(4)14-10)12(17)13-6-11(16)8(2)3/h7-8,11,16H,5-6H2,1-4H3,(H,13,17). The molecule has 0 aliphatic heterocycles.